The Labute approximate surface area is 130 Å². The van der Waals surface area contributed by atoms with Crippen molar-refractivity contribution in [3.8, 4) is 0 Å². The van der Waals surface area contributed by atoms with E-state index in [1.807, 2.05) is 13.8 Å². The Morgan fingerprint density at radius 2 is 1.86 bits per heavy atom. The molecule has 0 fully saturated rings. The van der Waals surface area contributed by atoms with Gasteiger partial charge in [0.2, 0.25) is 0 Å². The van der Waals surface area contributed by atoms with Gasteiger partial charge in [-0.2, -0.15) is 0 Å². The zero-order valence-electron chi connectivity index (χ0n) is 13.7. The first-order valence-electron chi connectivity index (χ1n) is 7.50. The van der Waals surface area contributed by atoms with Crippen LogP contribution in [0.1, 0.15) is 66.2 Å². The number of carbonyl (C=O) groups excluding carboxylic acids is 2. The van der Waals surface area contributed by atoms with Crippen LogP contribution in [0, 0.1) is 12.8 Å². The summed E-state index contributed by atoms with van der Waals surface area (Å²) in [6, 6.07) is -0.952. The lowest BCUT2D eigenvalue weighted by atomic mass is 9.98. The molecule has 1 amide bonds. The molecule has 1 aromatic rings. The first kappa shape index (κ1) is 17.9. The van der Waals surface area contributed by atoms with E-state index in [9.17, 15) is 19.5 Å². The molecule has 0 radical (unpaired) electrons. The molecule has 0 bridgehead atoms. The van der Waals surface area contributed by atoms with Crippen LogP contribution in [0.4, 0.5) is 0 Å². The Morgan fingerprint density at radius 3 is 2.27 bits per heavy atom. The van der Waals surface area contributed by atoms with Crippen LogP contribution in [0.2, 0.25) is 0 Å². The molecule has 22 heavy (non-hydrogen) atoms. The fourth-order valence-corrected chi connectivity index (χ4v) is 2.60. The first-order chi connectivity index (χ1) is 10.2. The third kappa shape index (κ3) is 3.55. The molecule has 0 aliphatic carbocycles. The molecule has 0 saturated heterocycles. The van der Waals surface area contributed by atoms with E-state index in [1.54, 1.807) is 13.8 Å². The van der Waals surface area contributed by atoms with Crippen molar-refractivity contribution in [3.63, 3.8) is 0 Å². The van der Waals surface area contributed by atoms with Gasteiger partial charge in [-0.3, -0.25) is 9.59 Å². The largest absolute Gasteiger partial charge is 0.480 e. The number of aromatic amines is 1. The van der Waals surface area contributed by atoms with Gasteiger partial charge >= 0.3 is 5.97 Å². The van der Waals surface area contributed by atoms with Gasteiger partial charge in [0.05, 0.1) is 0 Å². The Hall–Kier alpha value is -2.11. The molecular weight excluding hydrogens is 284 g/mol. The summed E-state index contributed by atoms with van der Waals surface area (Å²) in [5.74, 6) is -1.84. The SMILES string of the molecule is CCc1c(C(=O)N[C@H](C(=O)O)[C@@H](C)CC)[nH]c(C)c1C(C)=O. The summed E-state index contributed by atoms with van der Waals surface area (Å²) in [5.41, 5.74) is 2.06. The smallest absolute Gasteiger partial charge is 0.326 e. The predicted molar refractivity (Wildman–Crippen MR) is 83.3 cm³/mol. The minimum Gasteiger partial charge on any atom is -0.480 e. The number of carboxylic acids is 1. The minimum absolute atomic E-state index is 0.110. The summed E-state index contributed by atoms with van der Waals surface area (Å²) < 4.78 is 0. The predicted octanol–water partition coefficient (Wildman–Crippen LogP) is 2.32. The number of H-pyrrole nitrogens is 1. The second-order valence-electron chi connectivity index (χ2n) is 5.56. The summed E-state index contributed by atoms with van der Waals surface area (Å²) in [4.78, 5) is 38.4. The molecule has 122 valence electrons. The van der Waals surface area contributed by atoms with Gasteiger partial charge in [-0.1, -0.05) is 27.2 Å². The molecule has 0 aromatic carbocycles. The fourth-order valence-electron chi connectivity index (χ4n) is 2.60. The van der Waals surface area contributed by atoms with Crippen molar-refractivity contribution in [2.24, 2.45) is 5.92 Å². The van der Waals surface area contributed by atoms with Crippen LogP contribution in [0.3, 0.4) is 0 Å². The van der Waals surface area contributed by atoms with Crippen molar-refractivity contribution in [1.82, 2.24) is 10.3 Å². The van der Waals surface area contributed by atoms with E-state index in [2.05, 4.69) is 10.3 Å². The van der Waals surface area contributed by atoms with Gasteiger partial charge < -0.3 is 15.4 Å². The number of hydrogen-bond donors (Lipinski definition) is 3. The molecular formula is C16H24N2O4. The minimum atomic E-state index is -1.06. The number of ketones is 1. The van der Waals surface area contributed by atoms with E-state index in [0.717, 1.165) is 0 Å². The maximum atomic E-state index is 12.4. The summed E-state index contributed by atoms with van der Waals surface area (Å²) in [5, 5.41) is 11.8. The Morgan fingerprint density at radius 1 is 1.27 bits per heavy atom. The van der Waals surface area contributed by atoms with E-state index in [1.165, 1.54) is 6.92 Å². The van der Waals surface area contributed by atoms with Crippen molar-refractivity contribution < 1.29 is 19.5 Å². The number of rotatable bonds is 7. The molecule has 0 saturated carbocycles. The Balaban J connectivity index is 3.15. The highest BCUT2D eigenvalue weighted by Gasteiger charge is 2.28. The molecule has 0 aliphatic rings. The van der Waals surface area contributed by atoms with E-state index in [4.69, 9.17) is 0 Å². The highest BCUT2D eigenvalue weighted by Crippen LogP contribution is 2.21. The molecule has 1 aromatic heterocycles. The molecule has 0 spiro atoms. The summed E-state index contributed by atoms with van der Waals surface area (Å²) >= 11 is 0. The number of carbonyl (C=O) groups is 3. The third-order valence-electron chi connectivity index (χ3n) is 3.99. The van der Waals surface area contributed by atoms with Crippen LogP contribution in [-0.2, 0) is 11.2 Å². The Bertz CT molecular complexity index is 589. The quantitative estimate of drug-likeness (QED) is 0.673. The van der Waals surface area contributed by atoms with Gasteiger partial charge in [0.1, 0.15) is 11.7 Å². The van der Waals surface area contributed by atoms with Gasteiger partial charge in [-0.05, 0) is 31.7 Å². The molecule has 2 atom stereocenters. The topological polar surface area (TPSA) is 99.3 Å². The number of amides is 1. The molecule has 0 unspecified atom stereocenters. The number of carboxylic acid groups (broad SMARTS) is 1. The standard InChI is InChI=1S/C16H24N2O4/c1-6-8(3)13(16(21)22)18-15(20)14-11(7-2)12(10(5)19)9(4)17-14/h8,13,17H,6-7H2,1-5H3,(H,18,20)(H,21,22)/t8-,13-/m0/s1. The average molecular weight is 308 g/mol. The van der Waals surface area contributed by atoms with E-state index >= 15 is 0 Å². The average Bonchev–Trinajstić information content (AvgIpc) is 2.80. The van der Waals surface area contributed by atoms with Crippen LogP contribution in [-0.4, -0.2) is 33.8 Å². The van der Waals surface area contributed by atoms with Crippen LogP contribution >= 0.6 is 0 Å². The van der Waals surface area contributed by atoms with Crippen LogP contribution in [0.15, 0.2) is 0 Å². The molecule has 6 heteroatoms. The monoisotopic (exact) mass is 308 g/mol. The van der Waals surface area contributed by atoms with Crippen LogP contribution in [0.5, 0.6) is 0 Å². The van der Waals surface area contributed by atoms with Gasteiger partial charge in [-0.15, -0.1) is 0 Å². The van der Waals surface area contributed by atoms with E-state index in [0.29, 0.717) is 29.7 Å². The maximum Gasteiger partial charge on any atom is 0.326 e. The molecule has 3 N–H and O–H groups in total. The van der Waals surface area contributed by atoms with Gasteiger partial charge in [0, 0.05) is 11.3 Å². The third-order valence-corrected chi connectivity index (χ3v) is 3.99. The highest BCUT2D eigenvalue weighted by molar-refractivity contribution is 6.03. The van der Waals surface area contributed by atoms with Gasteiger partial charge in [0.25, 0.3) is 5.91 Å². The number of aliphatic carboxylic acids is 1. The summed E-state index contributed by atoms with van der Waals surface area (Å²) in [6.45, 7) is 8.69. The van der Waals surface area contributed by atoms with Crippen molar-refractivity contribution in [2.75, 3.05) is 0 Å². The van der Waals surface area contributed by atoms with Crippen molar-refractivity contribution in [2.45, 2.75) is 53.5 Å². The van der Waals surface area contributed by atoms with Gasteiger partial charge in [-0.25, -0.2) is 4.79 Å². The van der Waals surface area contributed by atoms with Crippen molar-refractivity contribution >= 4 is 17.7 Å². The number of hydrogen-bond acceptors (Lipinski definition) is 3. The van der Waals surface area contributed by atoms with E-state index < -0.39 is 17.9 Å². The fraction of sp³-hybridized carbons (Fsp3) is 0.562. The second kappa shape index (κ2) is 7.24. The summed E-state index contributed by atoms with van der Waals surface area (Å²) in [6.07, 6.45) is 1.16. The molecule has 1 heterocycles. The number of aryl methyl sites for hydroxylation is 1. The lowest BCUT2D eigenvalue weighted by Crippen LogP contribution is -2.45. The molecule has 1 rings (SSSR count). The van der Waals surface area contributed by atoms with Gasteiger partial charge in [0.15, 0.2) is 5.78 Å². The van der Waals surface area contributed by atoms with E-state index in [-0.39, 0.29) is 17.4 Å². The van der Waals surface area contributed by atoms with Crippen LogP contribution < -0.4 is 5.32 Å². The maximum absolute atomic E-state index is 12.4. The highest BCUT2D eigenvalue weighted by atomic mass is 16.4. The summed E-state index contributed by atoms with van der Waals surface area (Å²) in [7, 11) is 0. The Kier molecular flexibility index (Phi) is 5.91. The lowest BCUT2D eigenvalue weighted by Gasteiger charge is -2.20. The number of aromatic nitrogens is 1. The van der Waals surface area contributed by atoms with Crippen molar-refractivity contribution in [3.05, 3.63) is 22.5 Å². The molecule has 0 aliphatic heterocycles. The zero-order chi connectivity index (χ0) is 17.0. The zero-order valence-corrected chi connectivity index (χ0v) is 13.7. The number of nitrogens with one attached hydrogen (secondary N) is 2. The second-order valence-corrected chi connectivity index (χ2v) is 5.56. The first-order valence-corrected chi connectivity index (χ1v) is 7.50. The number of Topliss-reactive ketones (excluding diaryl/α,β-unsaturated/α-hetero) is 1. The van der Waals surface area contributed by atoms with Crippen LogP contribution in [0.25, 0.3) is 0 Å². The molecule has 6 nitrogen and oxygen atoms in total. The normalized spacial score (nSPS) is 13.5. The van der Waals surface area contributed by atoms with Crippen molar-refractivity contribution in [1.29, 1.82) is 0 Å². The lowest BCUT2D eigenvalue weighted by molar-refractivity contribution is -0.140.